The standard InChI is InChI=1S/C12H9Br2NO2S/c1-6-2-3-7(4-9(6)16)15-12(17)10-5-8(13)11(14)18-10/h2-5,16H,1H3,(H,15,17). The minimum atomic E-state index is -0.199. The number of thiophene rings is 1. The van der Waals surface area contributed by atoms with Gasteiger partial charge in [0.2, 0.25) is 0 Å². The molecule has 2 N–H and O–H groups in total. The van der Waals surface area contributed by atoms with Gasteiger partial charge in [-0.15, -0.1) is 11.3 Å². The van der Waals surface area contributed by atoms with Crippen molar-refractivity contribution >= 4 is 54.8 Å². The highest BCUT2D eigenvalue weighted by Crippen LogP contribution is 2.32. The summed E-state index contributed by atoms with van der Waals surface area (Å²) in [5.74, 6) is -0.0315. The van der Waals surface area contributed by atoms with Crippen LogP contribution in [0.4, 0.5) is 5.69 Å². The molecule has 0 spiro atoms. The number of aromatic hydroxyl groups is 1. The zero-order valence-corrected chi connectivity index (χ0v) is 13.3. The fraction of sp³-hybridized carbons (Fsp3) is 0.0833. The Bertz CT molecular complexity index is 591. The van der Waals surface area contributed by atoms with Crippen molar-refractivity contribution in [3.8, 4) is 5.75 Å². The maximum atomic E-state index is 12.0. The number of aryl methyl sites for hydroxylation is 1. The van der Waals surface area contributed by atoms with Gasteiger partial charge >= 0.3 is 0 Å². The number of carbonyl (C=O) groups is 1. The van der Waals surface area contributed by atoms with Gasteiger partial charge in [0.1, 0.15) is 5.75 Å². The molecule has 0 unspecified atom stereocenters. The number of hydrogen-bond acceptors (Lipinski definition) is 3. The van der Waals surface area contributed by atoms with Crippen molar-refractivity contribution in [2.75, 3.05) is 5.32 Å². The summed E-state index contributed by atoms with van der Waals surface area (Å²) >= 11 is 8.02. The molecule has 0 saturated heterocycles. The Hall–Kier alpha value is -0.850. The van der Waals surface area contributed by atoms with Crippen LogP contribution < -0.4 is 5.32 Å². The summed E-state index contributed by atoms with van der Waals surface area (Å²) in [5.41, 5.74) is 1.35. The lowest BCUT2D eigenvalue weighted by Crippen LogP contribution is -2.09. The topological polar surface area (TPSA) is 49.3 Å². The molecular weight excluding hydrogens is 382 g/mol. The molecule has 1 aromatic heterocycles. The summed E-state index contributed by atoms with van der Waals surface area (Å²) in [6.07, 6.45) is 0. The van der Waals surface area contributed by atoms with Crippen LogP contribution >= 0.6 is 43.2 Å². The Morgan fingerprint density at radius 1 is 1.33 bits per heavy atom. The van der Waals surface area contributed by atoms with Crippen LogP contribution in [0.15, 0.2) is 32.5 Å². The van der Waals surface area contributed by atoms with E-state index in [4.69, 9.17) is 0 Å². The molecule has 6 heteroatoms. The molecule has 3 nitrogen and oxygen atoms in total. The highest BCUT2D eigenvalue weighted by Gasteiger charge is 2.12. The molecular formula is C12H9Br2NO2S. The SMILES string of the molecule is Cc1ccc(NC(=O)c2cc(Br)c(Br)s2)cc1O. The van der Waals surface area contributed by atoms with Crippen LogP contribution in [0.2, 0.25) is 0 Å². The molecule has 2 aromatic rings. The van der Waals surface area contributed by atoms with E-state index in [1.807, 2.05) is 0 Å². The normalized spacial score (nSPS) is 10.4. The average molecular weight is 391 g/mol. The molecule has 18 heavy (non-hydrogen) atoms. The first kappa shape index (κ1) is 13.6. The van der Waals surface area contributed by atoms with Crippen molar-refractivity contribution in [2.45, 2.75) is 6.92 Å². The van der Waals surface area contributed by atoms with Gasteiger partial charge < -0.3 is 10.4 Å². The molecule has 1 heterocycles. The van der Waals surface area contributed by atoms with Crippen LogP contribution in [-0.2, 0) is 0 Å². The second kappa shape index (κ2) is 5.42. The average Bonchev–Trinajstić information content (AvgIpc) is 2.65. The highest BCUT2D eigenvalue weighted by atomic mass is 79.9. The van der Waals surface area contributed by atoms with E-state index in [0.29, 0.717) is 10.6 Å². The Kier molecular flexibility index (Phi) is 4.09. The van der Waals surface area contributed by atoms with Gasteiger partial charge in [-0.1, -0.05) is 6.07 Å². The minimum absolute atomic E-state index is 0.168. The number of phenols is 1. The van der Waals surface area contributed by atoms with Crippen molar-refractivity contribution in [1.29, 1.82) is 0 Å². The molecule has 0 saturated carbocycles. The number of hydrogen-bond donors (Lipinski definition) is 2. The maximum Gasteiger partial charge on any atom is 0.265 e. The fourth-order valence-corrected chi connectivity index (χ4v) is 3.27. The van der Waals surface area contributed by atoms with Gasteiger partial charge in [0.15, 0.2) is 0 Å². The van der Waals surface area contributed by atoms with Crippen molar-refractivity contribution in [1.82, 2.24) is 0 Å². The summed E-state index contributed by atoms with van der Waals surface area (Å²) in [7, 11) is 0. The molecule has 2 rings (SSSR count). The summed E-state index contributed by atoms with van der Waals surface area (Å²) < 4.78 is 1.73. The molecule has 0 aliphatic heterocycles. The molecule has 0 atom stereocenters. The largest absolute Gasteiger partial charge is 0.508 e. The number of benzene rings is 1. The molecule has 94 valence electrons. The number of rotatable bonds is 2. The third-order valence-corrected chi connectivity index (χ3v) is 5.59. The monoisotopic (exact) mass is 389 g/mol. The molecule has 1 aromatic carbocycles. The van der Waals surface area contributed by atoms with Gasteiger partial charge in [0.25, 0.3) is 5.91 Å². The van der Waals surface area contributed by atoms with Crippen molar-refractivity contribution in [3.63, 3.8) is 0 Å². The second-order valence-electron chi connectivity index (χ2n) is 3.69. The van der Waals surface area contributed by atoms with E-state index in [2.05, 4.69) is 37.2 Å². The van der Waals surface area contributed by atoms with Gasteiger partial charge in [-0.25, -0.2) is 0 Å². The van der Waals surface area contributed by atoms with E-state index < -0.39 is 0 Å². The van der Waals surface area contributed by atoms with Gasteiger partial charge in [-0.05, 0) is 56.5 Å². The number of anilines is 1. The van der Waals surface area contributed by atoms with Gasteiger partial charge in [-0.3, -0.25) is 4.79 Å². The molecule has 1 amide bonds. The van der Waals surface area contributed by atoms with Crippen LogP contribution in [0.3, 0.4) is 0 Å². The zero-order valence-electron chi connectivity index (χ0n) is 9.33. The molecule has 0 radical (unpaired) electrons. The summed E-state index contributed by atoms with van der Waals surface area (Å²) in [4.78, 5) is 12.5. The van der Waals surface area contributed by atoms with E-state index in [1.165, 1.54) is 17.4 Å². The lowest BCUT2D eigenvalue weighted by atomic mass is 10.2. The van der Waals surface area contributed by atoms with E-state index in [0.717, 1.165) is 13.8 Å². The smallest absolute Gasteiger partial charge is 0.265 e. The van der Waals surface area contributed by atoms with Gasteiger partial charge in [0.05, 0.1) is 8.66 Å². The Morgan fingerprint density at radius 3 is 2.61 bits per heavy atom. The van der Waals surface area contributed by atoms with Gasteiger partial charge in [-0.2, -0.15) is 0 Å². The van der Waals surface area contributed by atoms with E-state index >= 15 is 0 Å². The Labute approximate surface area is 125 Å². The van der Waals surface area contributed by atoms with Gasteiger partial charge in [0, 0.05) is 16.2 Å². The fourth-order valence-electron chi connectivity index (χ4n) is 1.34. The van der Waals surface area contributed by atoms with E-state index in [9.17, 15) is 9.90 Å². The van der Waals surface area contributed by atoms with Crippen LogP contribution in [0.25, 0.3) is 0 Å². The molecule has 0 fully saturated rings. The number of amides is 1. The zero-order chi connectivity index (χ0) is 13.3. The third-order valence-electron chi connectivity index (χ3n) is 2.34. The lowest BCUT2D eigenvalue weighted by molar-refractivity contribution is 0.103. The molecule has 0 aliphatic rings. The van der Waals surface area contributed by atoms with Crippen molar-refractivity contribution in [2.24, 2.45) is 0 Å². The van der Waals surface area contributed by atoms with E-state index in [-0.39, 0.29) is 11.7 Å². The maximum absolute atomic E-state index is 12.0. The Balaban J connectivity index is 2.18. The summed E-state index contributed by atoms with van der Waals surface area (Å²) in [6.45, 7) is 1.80. The quantitative estimate of drug-likeness (QED) is 0.790. The van der Waals surface area contributed by atoms with Crippen molar-refractivity contribution < 1.29 is 9.90 Å². The Morgan fingerprint density at radius 2 is 2.06 bits per heavy atom. The molecule has 0 bridgehead atoms. The summed E-state index contributed by atoms with van der Waals surface area (Å²) in [5, 5.41) is 12.3. The second-order valence-corrected chi connectivity index (χ2v) is 6.91. The molecule has 0 aliphatic carbocycles. The first-order valence-corrected chi connectivity index (χ1v) is 7.43. The number of phenolic OH excluding ortho intramolecular Hbond substituents is 1. The van der Waals surface area contributed by atoms with Crippen LogP contribution in [0, 0.1) is 6.92 Å². The first-order chi connectivity index (χ1) is 8.47. The highest BCUT2D eigenvalue weighted by molar-refractivity contribution is 9.13. The van der Waals surface area contributed by atoms with Crippen LogP contribution in [0.5, 0.6) is 5.75 Å². The predicted octanol–water partition coefficient (Wildman–Crippen LogP) is 4.54. The number of carbonyl (C=O) groups excluding carboxylic acids is 1. The van der Waals surface area contributed by atoms with Crippen LogP contribution in [0.1, 0.15) is 15.2 Å². The first-order valence-electron chi connectivity index (χ1n) is 5.03. The number of nitrogens with one attached hydrogen (secondary N) is 1. The van der Waals surface area contributed by atoms with Crippen molar-refractivity contribution in [3.05, 3.63) is 43.0 Å². The summed E-state index contributed by atoms with van der Waals surface area (Å²) in [6, 6.07) is 6.79. The lowest BCUT2D eigenvalue weighted by Gasteiger charge is -2.05. The van der Waals surface area contributed by atoms with E-state index in [1.54, 1.807) is 25.1 Å². The third kappa shape index (κ3) is 2.93. The number of halogens is 2. The van der Waals surface area contributed by atoms with Crippen LogP contribution in [-0.4, -0.2) is 11.0 Å². The predicted molar refractivity (Wildman–Crippen MR) is 80.5 cm³/mol. The minimum Gasteiger partial charge on any atom is -0.508 e.